The smallest absolute Gasteiger partial charge is 0.250 e. The van der Waals surface area contributed by atoms with Crippen LogP contribution >= 0.6 is 11.3 Å². The van der Waals surface area contributed by atoms with Gasteiger partial charge in [0.25, 0.3) is 0 Å². The molecule has 0 atom stereocenters. The SMILES string of the molecule is O=C(Cc1ccc(F)cc1)NCCNS(=O)(=O)c1cccs1. The summed E-state index contributed by atoms with van der Waals surface area (Å²) in [6.07, 6.45) is 0.123. The van der Waals surface area contributed by atoms with Gasteiger partial charge in [0, 0.05) is 13.1 Å². The van der Waals surface area contributed by atoms with E-state index in [4.69, 9.17) is 0 Å². The minimum Gasteiger partial charge on any atom is -0.355 e. The monoisotopic (exact) mass is 342 g/mol. The van der Waals surface area contributed by atoms with Gasteiger partial charge in [-0.05, 0) is 29.1 Å². The molecule has 0 aliphatic heterocycles. The first kappa shape index (κ1) is 16.6. The second-order valence-corrected chi connectivity index (χ2v) is 7.42. The highest BCUT2D eigenvalue weighted by Gasteiger charge is 2.14. The molecule has 0 aliphatic carbocycles. The first-order valence-electron chi connectivity index (χ1n) is 6.52. The van der Waals surface area contributed by atoms with Gasteiger partial charge in [0.15, 0.2) is 0 Å². The number of hydrogen-bond acceptors (Lipinski definition) is 4. The zero-order valence-electron chi connectivity index (χ0n) is 11.6. The van der Waals surface area contributed by atoms with Crippen LogP contribution < -0.4 is 10.0 Å². The number of thiophene rings is 1. The van der Waals surface area contributed by atoms with E-state index >= 15 is 0 Å². The number of amides is 1. The molecule has 1 aromatic heterocycles. The van der Waals surface area contributed by atoms with Crippen molar-refractivity contribution in [2.75, 3.05) is 13.1 Å². The molecular weight excluding hydrogens is 327 g/mol. The van der Waals surface area contributed by atoms with E-state index in [1.54, 1.807) is 11.4 Å². The van der Waals surface area contributed by atoms with Crippen LogP contribution in [0.4, 0.5) is 4.39 Å². The van der Waals surface area contributed by atoms with E-state index in [0.29, 0.717) is 5.56 Å². The number of nitrogens with one attached hydrogen (secondary N) is 2. The summed E-state index contributed by atoms with van der Waals surface area (Å²) in [6.45, 7) is 0.292. The Bertz CT molecular complexity index is 713. The summed E-state index contributed by atoms with van der Waals surface area (Å²) >= 11 is 1.13. The van der Waals surface area contributed by atoms with E-state index in [1.165, 1.54) is 30.3 Å². The molecule has 0 bridgehead atoms. The third-order valence-corrected chi connectivity index (χ3v) is 5.64. The third kappa shape index (κ3) is 4.90. The van der Waals surface area contributed by atoms with E-state index in [1.807, 2.05) is 0 Å². The molecule has 2 aromatic rings. The molecule has 1 amide bonds. The van der Waals surface area contributed by atoms with Gasteiger partial charge in [-0.1, -0.05) is 18.2 Å². The van der Waals surface area contributed by atoms with Gasteiger partial charge in [-0.25, -0.2) is 17.5 Å². The first-order valence-corrected chi connectivity index (χ1v) is 8.88. The van der Waals surface area contributed by atoms with Crippen molar-refractivity contribution >= 4 is 27.3 Å². The Morgan fingerprint density at radius 2 is 1.86 bits per heavy atom. The third-order valence-electron chi connectivity index (χ3n) is 2.78. The van der Waals surface area contributed by atoms with Crippen molar-refractivity contribution in [1.82, 2.24) is 10.0 Å². The summed E-state index contributed by atoms with van der Waals surface area (Å²) < 4.78 is 39.0. The van der Waals surface area contributed by atoms with Gasteiger partial charge in [-0.2, -0.15) is 0 Å². The normalized spacial score (nSPS) is 11.3. The highest BCUT2D eigenvalue weighted by atomic mass is 32.2. The minimum absolute atomic E-state index is 0.107. The predicted molar refractivity (Wildman–Crippen MR) is 82.6 cm³/mol. The zero-order chi connectivity index (χ0) is 16.0. The van der Waals surface area contributed by atoms with Gasteiger partial charge >= 0.3 is 0 Å². The number of halogens is 1. The summed E-state index contributed by atoms with van der Waals surface area (Å²) in [7, 11) is -3.50. The highest BCUT2D eigenvalue weighted by molar-refractivity contribution is 7.91. The molecule has 8 heteroatoms. The Morgan fingerprint density at radius 1 is 1.14 bits per heavy atom. The Hall–Kier alpha value is -1.77. The Labute approximate surface area is 132 Å². The standard InChI is InChI=1S/C14H15FN2O3S2/c15-12-5-3-11(4-6-12)10-13(18)16-7-8-17-22(19,20)14-2-1-9-21-14/h1-6,9,17H,7-8,10H2,(H,16,18). The molecule has 1 heterocycles. The van der Waals surface area contributed by atoms with E-state index in [9.17, 15) is 17.6 Å². The molecule has 1 aromatic carbocycles. The van der Waals surface area contributed by atoms with Gasteiger partial charge in [-0.15, -0.1) is 11.3 Å². The zero-order valence-corrected chi connectivity index (χ0v) is 13.2. The number of benzene rings is 1. The molecule has 0 radical (unpaired) electrons. The van der Waals surface area contributed by atoms with Crippen molar-refractivity contribution in [3.63, 3.8) is 0 Å². The molecule has 0 saturated carbocycles. The van der Waals surface area contributed by atoms with Crippen molar-refractivity contribution in [1.29, 1.82) is 0 Å². The maximum Gasteiger partial charge on any atom is 0.250 e. The van der Waals surface area contributed by atoms with Crippen LogP contribution in [0.1, 0.15) is 5.56 Å². The van der Waals surface area contributed by atoms with Crippen LogP contribution in [0.3, 0.4) is 0 Å². The van der Waals surface area contributed by atoms with E-state index < -0.39 is 10.0 Å². The van der Waals surface area contributed by atoms with E-state index in [-0.39, 0.29) is 35.4 Å². The topological polar surface area (TPSA) is 75.3 Å². The number of sulfonamides is 1. The molecule has 118 valence electrons. The van der Waals surface area contributed by atoms with Crippen LogP contribution in [0.25, 0.3) is 0 Å². The number of carbonyl (C=O) groups is 1. The summed E-state index contributed by atoms with van der Waals surface area (Å²) in [6, 6.07) is 8.82. The lowest BCUT2D eigenvalue weighted by Crippen LogP contribution is -2.35. The van der Waals surface area contributed by atoms with E-state index in [2.05, 4.69) is 10.0 Å². The number of carbonyl (C=O) groups excluding carboxylic acids is 1. The predicted octanol–water partition coefficient (Wildman–Crippen LogP) is 1.52. The molecular formula is C14H15FN2O3S2. The average Bonchev–Trinajstić information content (AvgIpc) is 3.01. The van der Waals surface area contributed by atoms with Gasteiger partial charge < -0.3 is 5.32 Å². The second kappa shape index (κ2) is 7.48. The fourth-order valence-electron chi connectivity index (χ4n) is 1.72. The number of hydrogen-bond donors (Lipinski definition) is 2. The van der Waals surface area contributed by atoms with Crippen molar-refractivity contribution in [2.45, 2.75) is 10.6 Å². The summed E-state index contributed by atoms with van der Waals surface area (Å²) in [5.41, 5.74) is 0.693. The molecule has 22 heavy (non-hydrogen) atoms. The summed E-state index contributed by atoms with van der Waals surface area (Å²) in [5, 5.41) is 4.29. The van der Waals surface area contributed by atoms with Crippen molar-refractivity contribution in [3.05, 3.63) is 53.2 Å². The van der Waals surface area contributed by atoms with Crippen molar-refractivity contribution < 1.29 is 17.6 Å². The van der Waals surface area contributed by atoms with Crippen LogP contribution in [0, 0.1) is 5.82 Å². The second-order valence-electron chi connectivity index (χ2n) is 4.48. The fourth-order valence-corrected chi connectivity index (χ4v) is 3.79. The molecule has 5 nitrogen and oxygen atoms in total. The lowest BCUT2D eigenvalue weighted by Gasteiger charge is -2.07. The molecule has 0 fully saturated rings. The molecule has 2 N–H and O–H groups in total. The molecule has 0 spiro atoms. The minimum atomic E-state index is -3.50. The van der Waals surface area contributed by atoms with Crippen LogP contribution in [-0.4, -0.2) is 27.4 Å². The Kier molecular flexibility index (Phi) is 5.64. The largest absolute Gasteiger partial charge is 0.355 e. The van der Waals surface area contributed by atoms with Crippen molar-refractivity contribution in [3.8, 4) is 0 Å². The molecule has 0 unspecified atom stereocenters. The van der Waals surface area contributed by atoms with Crippen LogP contribution in [0.2, 0.25) is 0 Å². The van der Waals surface area contributed by atoms with E-state index in [0.717, 1.165) is 11.3 Å². The summed E-state index contributed by atoms with van der Waals surface area (Å²) in [5.74, 6) is -0.603. The van der Waals surface area contributed by atoms with Gasteiger partial charge in [-0.3, -0.25) is 4.79 Å². The van der Waals surface area contributed by atoms with Crippen LogP contribution in [0.15, 0.2) is 46.0 Å². The van der Waals surface area contributed by atoms with Gasteiger partial charge in [0.1, 0.15) is 10.0 Å². The average molecular weight is 342 g/mol. The Morgan fingerprint density at radius 3 is 2.50 bits per heavy atom. The van der Waals surface area contributed by atoms with Gasteiger partial charge in [0.2, 0.25) is 15.9 Å². The van der Waals surface area contributed by atoms with Crippen LogP contribution in [0.5, 0.6) is 0 Å². The van der Waals surface area contributed by atoms with Crippen molar-refractivity contribution in [2.24, 2.45) is 0 Å². The fraction of sp³-hybridized carbons (Fsp3) is 0.214. The highest BCUT2D eigenvalue weighted by Crippen LogP contribution is 2.14. The van der Waals surface area contributed by atoms with Crippen LogP contribution in [-0.2, 0) is 21.2 Å². The molecule has 0 saturated heterocycles. The Balaban J connectivity index is 1.72. The number of rotatable bonds is 7. The molecule has 2 rings (SSSR count). The molecule has 0 aliphatic rings. The maximum atomic E-state index is 12.7. The lowest BCUT2D eigenvalue weighted by atomic mass is 10.1. The quantitative estimate of drug-likeness (QED) is 0.749. The first-order chi connectivity index (χ1) is 10.5. The summed E-state index contributed by atoms with van der Waals surface area (Å²) in [4.78, 5) is 11.7. The van der Waals surface area contributed by atoms with Gasteiger partial charge in [0.05, 0.1) is 6.42 Å². The maximum absolute atomic E-state index is 12.7. The lowest BCUT2D eigenvalue weighted by molar-refractivity contribution is -0.120.